The van der Waals surface area contributed by atoms with Crippen LogP contribution in [-0.2, 0) is 9.59 Å². The number of rotatable bonds is 6. The molecule has 0 aromatic carbocycles. The van der Waals surface area contributed by atoms with E-state index in [0.717, 1.165) is 32.0 Å². The summed E-state index contributed by atoms with van der Waals surface area (Å²) in [5, 5.41) is 12.8. The number of aldehydes is 2. The fourth-order valence-corrected chi connectivity index (χ4v) is 1.73. The zero-order chi connectivity index (χ0) is 11.1. The molecule has 4 heteroatoms. The van der Waals surface area contributed by atoms with Crippen molar-refractivity contribution >= 4 is 12.6 Å². The molecule has 0 saturated heterocycles. The highest BCUT2D eigenvalue weighted by Crippen LogP contribution is 2.21. The summed E-state index contributed by atoms with van der Waals surface area (Å²) >= 11 is 0. The number of carbonyl (C=O) groups excluding carboxylic acids is 2. The summed E-state index contributed by atoms with van der Waals surface area (Å²) in [6.45, 7) is 0.785. The minimum absolute atomic E-state index is 0.212. The van der Waals surface area contributed by atoms with Crippen LogP contribution >= 0.6 is 0 Å². The number of unbranched alkanes of at least 4 members (excludes halogenated alkanes) is 1. The van der Waals surface area contributed by atoms with Crippen molar-refractivity contribution in [2.75, 3.05) is 6.54 Å². The minimum Gasteiger partial charge on any atom is -0.512 e. The van der Waals surface area contributed by atoms with Gasteiger partial charge in [-0.3, -0.25) is 4.79 Å². The van der Waals surface area contributed by atoms with E-state index in [4.69, 9.17) is 0 Å². The quantitative estimate of drug-likeness (QED) is 0.510. The van der Waals surface area contributed by atoms with Crippen molar-refractivity contribution in [1.29, 1.82) is 0 Å². The van der Waals surface area contributed by atoms with Gasteiger partial charge in [0.05, 0.1) is 0 Å². The van der Waals surface area contributed by atoms with Gasteiger partial charge in [0.25, 0.3) is 0 Å². The third-order valence-corrected chi connectivity index (χ3v) is 2.65. The molecule has 0 saturated carbocycles. The van der Waals surface area contributed by atoms with Crippen LogP contribution in [0.3, 0.4) is 0 Å². The van der Waals surface area contributed by atoms with Crippen molar-refractivity contribution in [3.8, 4) is 0 Å². The lowest BCUT2D eigenvalue weighted by Crippen LogP contribution is -2.33. The normalized spacial score (nSPS) is 21.5. The molecule has 0 amide bonds. The molecule has 0 fully saturated rings. The van der Waals surface area contributed by atoms with Crippen LogP contribution < -0.4 is 5.32 Å². The second kappa shape index (κ2) is 6.35. The third kappa shape index (κ3) is 3.83. The predicted octanol–water partition coefficient (Wildman–Crippen LogP) is 1.12. The zero-order valence-corrected chi connectivity index (χ0v) is 8.74. The van der Waals surface area contributed by atoms with Crippen molar-refractivity contribution < 1.29 is 14.7 Å². The minimum atomic E-state index is 0.212. The maximum absolute atomic E-state index is 10.5. The molecule has 84 valence electrons. The fraction of sp³-hybridized carbons (Fsp3) is 0.636. The lowest BCUT2D eigenvalue weighted by atomic mass is 9.94. The number of aliphatic hydroxyl groups is 1. The first-order valence-electron chi connectivity index (χ1n) is 5.31. The SMILES string of the molecule is O=CCCCNC1CCC(C=O)=C(O)C1. The molecule has 1 aliphatic carbocycles. The smallest absolute Gasteiger partial charge is 0.149 e. The van der Waals surface area contributed by atoms with Gasteiger partial charge in [-0.2, -0.15) is 0 Å². The van der Waals surface area contributed by atoms with E-state index >= 15 is 0 Å². The molecule has 4 nitrogen and oxygen atoms in total. The Balaban J connectivity index is 2.27. The molecular weight excluding hydrogens is 194 g/mol. The number of aliphatic hydroxyl groups excluding tert-OH is 1. The summed E-state index contributed by atoms with van der Waals surface area (Å²) in [4.78, 5) is 20.6. The molecule has 0 heterocycles. The van der Waals surface area contributed by atoms with Gasteiger partial charge in [0.2, 0.25) is 0 Å². The van der Waals surface area contributed by atoms with E-state index in [-0.39, 0.29) is 11.8 Å². The summed E-state index contributed by atoms with van der Waals surface area (Å²) in [6.07, 6.45) is 5.07. The number of carbonyl (C=O) groups is 2. The molecule has 1 atom stereocenters. The van der Waals surface area contributed by atoms with Gasteiger partial charge in [-0.1, -0.05) is 0 Å². The Morgan fingerprint density at radius 2 is 2.27 bits per heavy atom. The molecule has 15 heavy (non-hydrogen) atoms. The molecule has 1 aliphatic rings. The number of hydrogen-bond acceptors (Lipinski definition) is 4. The fourth-order valence-electron chi connectivity index (χ4n) is 1.73. The maximum atomic E-state index is 10.5. The van der Waals surface area contributed by atoms with Gasteiger partial charge in [-0.15, -0.1) is 0 Å². The number of nitrogens with one attached hydrogen (secondary N) is 1. The topological polar surface area (TPSA) is 66.4 Å². The Hall–Kier alpha value is -1.16. The van der Waals surface area contributed by atoms with Crippen LogP contribution in [0.2, 0.25) is 0 Å². The Morgan fingerprint density at radius 1 is 1.47 bits per heavy atom. The molecule has 0 spiro atoms. The Bertz CT molecular complexity index is 261. The van der Waals surface area contributed by atoms with Crippen LogP contribution in [0.5, 0.6) is 0 Å². The highest BCUT2D eigenvalue weighted by Gasteiger charge is 2.19. The molecule has 0 aromatic rings. The van der Waals surface area contributed by atoms with Crippen LogP contribution in [0.15, 0.2) is 11.3 Å². The largest absolute Gasteiger partial charge is 0.512 e. The summed E-state index contributed by atoms with van der Waals surface area (Å²) in [6, 6.07) is 0.236. The van der Waals surface area contributed by atoms with Crippen LogP contribution in [-0.4, -0.2) is 30.3 Å². The van der Waals surface area contributed by atoms with Crippen LogP contribution in [0.1, 0.15) is 32.1 Å². The Labute approximate surface area is 89.4 Å². The highest BCUT2D eigenvalue weighted by molar-refractivity contribution is 5.74. The Kier molecular flexibility index (Phi) is 5.04. The van der Waals surface area contributed by atoms with E-state index in [2.05, 4.69) is 5.32 Å². The summed E-state index contributed by atoms with van der Waals surface area (Å²) in [5.74, 6) is 0.212. The molecular formula is C11H17NO3. The summed E-state index contributed by atoms with van der Waals surface area (Å²) < 4.78 is 0. The van der Waals surface area contributed by atoms with Crippen molar-refractivity contribution in [3.05, 3.63) is 11.3 Å². The second-order valence-electron chi connectivity index (χ2n) is 3.79. The first-order valence-corrected chi connectivity index (χ1v) is 5.31. The number of allylic oxidation sites excluding steroid dienone is 1. The van der Waals surface area contributed by atoms with Crippen LogP contribution in [0.25, 0.3) is 0 Å². The van der Waals surface area contributed by atoms with Gasteiger partial charge in [-0.05, 0) is 25.8 Å². The molecule has 0 bridgehead atoms. The zero-order valence-electron chi connectivity index (χ0n) is 8.74. The van der Waals surface area contributed by atoms with Gasteiger partial charge >= 0.3 is 0 Å². The number of hydrogen-bond donors (Lipinski definition) is 2. The maximum Gasteiger partial charge on any atom is 0.149 e. The monoisotopic (exact) mass is 211 g/mol. The van der Waals surface area contributed by atoms with Crippen LogP contribution in [0.4, 0.5) is 0 Å². The Morgan fingerprint density at radius 3 is 2.87 bits per heavy atom. The van der Waals surface area contributed by atoms with Crippen molar-refractivity contribution in [2.45, 2.75) is 38.1 Å². The van der Waals surface area contributed by atoms with Gasteiger partial charge in [-0.25, -0.2) is 0 Å². The predicted molar refractivity (Wildman–Crippen MR) is 56.7 cm³/mol. The highest BCUT2D eigenvalue weighted by atomic mass is 16.3. The van der Waals surface area contributed by atoms with Crippen LogP contribution in [0, 0.1) is 0 Å². The average Bonchev–Trinajstić information content (AvgIpc) is 2.25. The first-order chi connectivity index (χ1) is 7.27. The van der Waals surface area contributed by atoms with E-state index in [9.17, 15) is 14.7 Å². The van der Waals surface area contributed by atoms with Gasteiger partial charge in [0, 0.05) is 24.5 Å². The van der Waals surface area contributed by atoms with E-state index < -0.39 is 0 Å². The van der Waals surface area contributed by atoms with Crippen molar-refractivity contribution in [2.24, 2.45) is 0 Å². The van der Waals surface area contributed by atoms with E-state index in [0.29, 0.717) is 24.8 Å². The van der Waals surface area contributed by atoms with Crippen molar-refractivity contribution in [3.63, 3.8) is 0 Å². The van der Waals surface area contributed by atoms with Crippen molar-refractivity contribution in [1.82, 2.24) is 5.32 Å². The van der Waals surface area contributed by atoms with E-state index in [1.165, 1.54) is 0 Å². The van der Waals surface area contributed by atoms with Gasteiger partial charge < -0.3 is 15.2 Å². The van der Waals surface area contributed by atoms with E-state index in [1.807, 2.05) is 0 Å². The molecule has 0 aliphatic heterocycles. The average molecular weight is 211 g/mol. The standard InChI is InChI=1S/C11H17NO3/c13-6-2-1-5-12-10-4-3-9(8-14)11(15)7-10/h6,8,10,12,15H,1-5,7H2. The molecule has 0 aromatic heterocycles. The lowest BCUT2D eigenvalue weighted by Gasteiger charge is -2.23. The molecule has 2 N–H and O–H groups in total. The third-order valence-electron chi connectivity index (χ3n) is 2.65. The lowest BCUT2D eigenvalue weighted by molar-refractivity contribution is -0.108. The molecule has 0 radical (unpaired) electrons. The molecule has 1 unspecified atom stereocenters. The summed E-state index contributed by atoms with van der Waals surface area (Å²) in [7, 11) is 0. The van der Waals surface area contributed by atoms with E-state index in [1.54, 1.807) is 0 Å². The second-order valence-corrected chi connectivity index (χ2v) is 3.79. The summed E-state index contributed by atoms with van der Waals surface area (Å²) in [5.41, 5.74) is 0.529. The van der Waals surface area contributed by atoms with Gasteiger partial charge in [0.1, 0.15) is 18.3 Å². The molecule has 1 rings (SSSR count). The first kappa shape index (κ1) is 11.9. The van der Waals surface area contributed by atoms with Gasteiger partial charge in [0.15, 0.2) is 0 Å².